The Morgan fingerprint density at radius 1 is 0.800 bits per heavy atom. The lowest BCUT2D eigenvalue weighted by Gasteiger charge is -2.20. The van der Waals surface area contributed by atoms with Crippen LogP contribution in [-0.2, 0) is 10.3 Å². The van der Waals surface area contributed by atoms with Gasteiger partial charge in [0.25, 0.3) is 0 Å². The first kappa shape index (κ1) is 13.4. The molecular weight excluding hydrogens is 244 g/mol. The highest BCUT2D eigenvalue weighted by Crippen LogP contribution is 2.63. The van der Waals surface area contributed by atoms with Crippen LogP contribution in [0.15, 0.2) is 60.7 Å². The van der Waals surface area contributed by atoms with Crippen LogP contribution in [0.1, 0.15) is 44.2 Å². The fourth-order valence-corrected chi connectivity index (χ4v) is 3.55. The molecular formula is C19H22O. The highest BCUT2D eigenvalue weighted by Gasteiger charge is 2.69. The van der Waals surface area contributed by atoms with Gasteiger partial charge in [-0.15, -0.1) is 0 Å². The summed E-state index contributed by atoms with van der Waals surface area (Å²) in [6, 6.07) is 21.3. The minimum atomic E-state index is -0.250. The van der Waals surface area contributed by atoms with Crippen molar-refractivity contribution >= 4 is 0 Å². The highest BCUT2D eigenvalue weighted by molar-refractivity contribution is 5.46. The zero-order valence-electron chi connectivity index (χ0n) is 12.3. The van der Waals surface area contributed by atoms with E-state index in [1.807, 2.05) is 0 Å². The van der Waals surface area contributed by atoms with E-state index < -0.39 is 0 Å². The summed E-state index contributed by atoms with van der Waals surface area (Å²) in [5.41, 5.74) is 2.27. The van der Waals surface area contributed by atoms with Crippen molar-refractivity contribution in [1.82, 2.24) is 0 Å². The van der Waals surface area contributed by atoms with Gasteiger partial charge in [0.2, 0.25) is 0 Å². The molecule has 2 aromatic rings. The molecule has 0 amide bonds. The molecule has 1 fully saturated rings. The van der Waals surface area contributed by atoms with Crippen molar-refractivity contribution in [3.63, 3.8) is 0 Å². The van der Waals surface area contributed by atoms with Crippen LogP contribution < -0.4 is 0 Å². The van der Waals surface area contributed by atoms with E-state index in [4.69, 9.17) is 4.74 Å². The van der Waals surface area contributed by atoms with Gasteiger partial charge in [0.05, 0.1) is 0 Å². The summed E-state index contributed by atoms with van der Waals surface area (Å²) in [6.07, 6.45) is 3.30. The molecule has 1 saturated heterocycles. The van der Waals surface area contributed by atoms with E-state index in [-0.39, 0.29) is 11.2 Å². The molecule has 1 heterocycles. The van der Waals surface area contributed by atoms with E-state index in [9.17, 15) is 0 Å². The van der Waals surface area contributed by atoms with E-state index in [0.29, 0.717) is 0 Å². The molecule has 0 spiro atoms. The van der Waals surface area contributed by atoms with Gasteiger partial charge in [0, 0.05) is 0 Å². The Labute approximate surface area is 121 Å². The van der Waals surface area contributed by atoms with Gasteiger partial charge in [-0.3, -0.25) is 0 Å². The Bertz CT molecular complexity index is 521. The molecule has 0 N–H and O–H groups in total. The van der Waals surface area contributed by atoms with Crippen molar-refractivity contribution in [2.45, 2.75) is 44.3 Å². The average Bonchev–Trinajstić information content (AvgIpc) is 3.20. The lowest BCUT2D eigenvalue weighted by molar-refractivity contribution is 0.259. The lowest BCUT2D eigenvalue weighted by Crippen LogP contribution is -2.25. The molecule has 1 unspecified atom stereocenters. The first-order valence-electron chi connectivity index (χ1n) is 7.60. The fraction of sp³-hybridized carbons (Fsp3) is 0.368. The zero-order chi connectivity index (χ0) is 14.1. The quantitative estimate of drug-likeness (QED) is 0.700. The van der Waals surface area contributed by atoms with E-state index in [1.165, 1.54) is 11.1 Å². The van der Waals surface area contributed by atoms with Crippen LogP contribution in [0.25, 0.3) is 0 Å². The first-order valence-corrected chi connectivity index (χ1v) is 7.60. The molecule has 1 heteroatoms. The predicted octanol–water partition coefficient (Wildman–Crippen LogP) is 4.91. The van der Waals surface area contributed by atoms with Crippen LogP contribution in [0, 0.1) is 0 Å². The molecule has 1 nitrogen and oxygen atoms in total. The van der Waals surface area contributed by atoms with Crippen molar-refractivity contribution in [2.24, 2.45) is 0 Å². The predicted molar refractivity (Wildman–Crippen MR) is 82.7 cm³/mol. The SMILES string of the molecule is CCCC1(CC)OC1(c1ccccc1)c1ccccc1. The normalized spacial score (nSPS) is 23.5. The summed E-state index contributed by atoms with van der Waals surface area (Å²) in [7, 11) is 0. The number of rotatable bonds is 5. The molecule has 1 aliphatic heterocycles. The molecule has 3 rings (SSSR count). The van der Waals surface area contributed by atoms with Crippen molar-refractivity contribution in [2.75, 3.05) is 0 Å². The minimum absolute atomic E-state index is 0.0372. The second-order valence-corrected chi connectivity index (χ2v) is 5.61. The molecule has 104 valence electrons. The van der Waals surface area contributed by atoms with Gasteiger partial charge in [-0.05, 0) is 24.0 Å². The zero-order valence-corrected chi connectivity index (χ0v) is 12.3. The van der Waals surface area contributed by atoms with E-state index >= 15 is 0 Å². The van der Waals surface area contributed by atoms with Crippen LogP contribution in [-0.4, -0.2) is 5.60 Å². The van der Waals surface area contributed by atoms with Crippen LogP contribution in [0.4, 0.5) is 0 Å². The number of epoxide rings is 1. The maximum Gasteiger partial charge on any atom is 0.148 e. The lowest BCUT2D eigenvalue weighted by atomic mass is 9.77. The maximum atomic E-state index is 6.45. The summed E-state index contributed by atoms with van der Waals surface area (Å²) in [6.45, 7) is 4.48. The van der Waals surface area contributed by atoms with E-state index in [2.05, 4.69) is 74.5 Å². The van der Waals surface area contributed by atoms with Gasteiger partial charge < -0.3 is 4.74 Å². The summed E-state index contributed by atoms with van der Waals surface area (Å²) in [5.74, 6) is 0. The van der Waals surface area contributed by atoms with Crippen molar-refractivity contribution in [3.8, 4) is 0 Å². The molecule has 1 aliphatic rings. The standard InChI is InChI=1S/C19H22O/c1-3-15-18(4-2)19(20-18,16-11-7-5-8-12-16)17-13-9-6-10-14-17/h5-14H,3-4,15H2,1-2H3. The maximum absolute atomic E-state index is 6.45. The third kappa shape index (κ3) is 1.81. The molecule has 0 bridgehead atoms. The summed E-state index contributed by atoms with van der Waals surface area (Å²) < 4.78 is 6.45. The van der Waals surface area contributed by atoms with Crippen LogP contribution in [0.3, 0.4) is 0 Å². The number of hydrogen-bond acceptors (Lipinski definition) is 1. The van der Waals surface area contributed by atoms with Crippen LogP contribution in [0.5, 0.6) is 0 Å². The number of ether oxygens (including phenoxy) is 1. The molecule has 20 heavy (non-hydrogen) atoms. The molecule has 0 saturated carbocycles. The Morgan fingerprint density at radius 2 is 1.30 bits per heavy atom. The summed E-state index contributed by atoms with van der Waals surface area (Å²) >= 11 is 0. The van der Waals surface area contributed by atoms with Gasteiger partial charge >= 0.3 is 0 Å². The smallest absolute Gasteiger partial charge is 0.148 e. The van der Waals surface area contributed by atoms with Crippen molar-refractivity contribution in [3.05, 3.63) is 71.8 Å². The third-order valence-corrected chi connectivity index (χ3v) is 4.53. The second-order valence-electron chi connectivity index (χ2n) is 5.61. The Morgan fingerprint density at radius 3 is 1.70 bits per heavy atom. The summed E-state index contributed by atoms with van der Waals surface area (Å²) in [4.78, 5) is 0. The molecule has 0 aliphatic carbocycles. The number of hydrogen-bond donors (Lipinski definition) is 0. The largest absolute Gasteiger partial charge is 0.352 e. The topological polar surface area (TPSA) is 12.5 Å². The number of benzene rings is 2. The van der Waals surface area contributed by atoms with E-state index in [1.54, 1.807) is 0 Å². The van der Waals surface area contributed by atoms with Crippen molar-refractivity contribution < 1.29 is 4.74 Å². The van der Waals surface area contributed by atoms with Gasteiger partial charge in [-0.2, -0.15) is 0 Å². The minimum Gasteiger partial charge on any atom is -0.352 e. The molecule has 0 radical (unpaired) electrons. The molecule has 1 atom stereocenters. The first-order chi connectivity index (χ1) is 9.79. The average molecular weight is 266 g/mol. The third-order valence-electron chi connectivity index (χ3n) is 4.53. The van der Waals surface area contributed by atoms with Crippen LogP contribution >= 0.6 is 0 Å². The Hall–Kier alpha value is -1.60. The van der Waals surface area contributed by atoms with Gasteiger partial charge in [0.15, 0.2) is 0 Å². The van der Waals surface area contributed by atoms with Crippen LogP contribution in [0.2, 0.25) is 0 Å². The molecule has 2 aromatic carbocycles. The highest BCUT2D eigenvalue weighted by atomic mass is 16.6. The van der Waals surface area contributed by atoms with Crippen molar-refractivity contribution in [1.29, 1.82) is 0 Å². The fourth-order valence-electron chi connectivity index (χ4n) is 3.55. The van der Waals surface area contributed by atoms with Gasteiger partial charge in [0.1, 0.15) is 11.2 Å². The second kappa shape index (κ2) is 5.06. The van der Waals surface area contributed by atoms with Gasteiger partial charge in [-0.1, -0.05) is 80.9 Å². The molecule has 0 aromatic heterocycles. The monoisotopic (exact) mass is 266 g/mol. The summed E-state index contributed by atoms with van der Waals surface area (Å²) in [5, 5.41) is 0. The Kier molecular flexibility index (Phi) is 3.39. The van der Waals surface area contributed by atoms with Gasteiger partial charge in [-0.25, -0.2) is 0 Å². The van der Waals surface area contributed by atoms with E-state index in [0.717, 1.165) is 19.3 Å². The Balaban J connectivity index is 2.12.